The molecule has 0 aliphatic carbocycles. The lowest BCUT2D eigenvalue weighted by molar-refractivity contribution is 0.364. The van der Waals surface area contributed by atoms with E-state index in [0.29, 0.717) is 17.8 Å². The fourth-order valence-electron chi connectivity index (χ4n) is 3.75. The van der Waals surface area contributed by atoms with Crippen LogP contribution in [0.3, 0.4) is 0 Å². The number of aryl methyl sites for hydroxylation is 1. The third-order valence-corrected chi connectivity index (χ3v) is 5.57. The third-order valence-electron chi connectivity index (χ3n) is 5.57. The summed E-state index contributed by atoms with van der Waals surface area (Å²) in [5, 5.41) is 7.70. The first-order chi connectivity index (χ1) is 13.7. The normalized spacial score (nSPS) is 15.1. The van der Waals surface area contributed by atoms with Crippen molar-refractivity contribution in [3.63, 3.8) is 0 Å². The molecular weight excluding hydrogens is 350 g/mol. The van der Waals surface area contributed by atoms with E-state index in [1.54, 1.807) is 12.4 Å². The van der Waals surface area contributed by atoms with Gasteiger partial charge in [-0.2, -0.15) is 4.98 Å². The zero-order valence-corrected chi connectivity index (χ0v) is 16.6. The van der Waals surface area contributed by atoms with Gasteiger partial charge in [0, 0.05) is 55.7 Å². The van der Waals surface area contributed by atoms with Crippen molar-refractivity contribution < 1.29 is 4.52 Å². The predicted octanol–water partition coefficient (Wildman–Crippen LogP) is 3.55. The molecule has 2 aromatic heterocycles. The van der Waals surface area contributed by atoms with Gasteiger partial charge in [-0.15, -0.1) is 0 Å². The average molecular weight is 377 g/mol. The Morgan fingerprint density at radius 3 is 2.79 bits per heavy atom. The van der Waals surface area contributed by atoms with Crippen LogP contribution in [-0.2, 0) is 6.42 Å². The van der Waals surface area contributed by atoms with Gasteiger partial charge in [0.25, 0.3) is 0 Å². The summed E-state index contributed by atoms with van der Waals surface area (Å²) in [6, 6.07) is 10.9. The molecule has 6 heteroatoms. The lowest BCUT2D eigenvalue weighted by atomic mass is 10.0. The third kappa shape index (κ3) is 4.22. The largest absolute Gasteiger partial charge is 0.371 e. The van der Waals surface area contributed by atoms with E-state index in [0.717, 1.165) is 44.5 Å². The standard InChI is InChI=1S/C22H27N5O/c1-16-5-3-7-20(17(16)2)27-13-9-19(10-14-27)24-12-8-21-25-22(26-28-21)18-6-4-11-23-15-18/h3-7,11,15,19,24H,8-10,12-14H2,1-2H3. The van der Waals surface area contributed by atoms with Crippen LogP contribution >= 0.6 is 0 Å². The zero-order valence-electron chi connectivity index (χ0n) is 16.6. The molecule has 6 nitrogen and oxygen atoms in total. The van der Waals surface area contributed by atoms with Crippen molar-refractivity contribution in [3.8, 4) is 11.4 Å². The van der Waals surface area contributed by atoms with Gasteiger partial charge >= 0.3 is 0 Å². The van der Waals surface area contributed by atoms with Crippen molar-refractivity contribution in [2.24, 2.45) is 0 Å². The van der Waals surface area contributed by atoms with Crippen LogP contribution in [0.1, 0.15) is 29.9 Å². The van der Waals surface area contributed by atoms with E-state index < -0.39 is 0 Å². The second kappa shape index (κ2) is 8.52. The highest BCUT2D eigenvalue weighted by Crippen LogP contribution is 2.25. The van der Waals surface area contributed by atoms with E-state index in [1.807, 2.05) is 12.1 Å². The second-order valence-electron chi connectivity index (χ2n) is 7.44. The maximum Gasteiger partial charge on any atom is 0.228 e. The Morgan fingerprint density at radius 1 is 1.14 bits per heavy atom. The number of nitrogens with one attached hydrogen (secondary N) is 1. The number of pyridine rings is 1. The molecule has 1 aliphatic heterocycles. The van der Waals surface area contributed by atoms with Crippen LogP contribution in [-0.4, -0.2) is 40.8 Å². The minimum atomic E-state index is 0.544. The molecular formula is C22H27N5O. The summed E-state index contributed by atoms with van der Waals surface area (Å²) < 4.78 is 5.37. The van der Waals surface area contributed by atoms with E-state index in [9.17, 15) is 0 Å². The molecule has 0 bridgehead atoms. The monoisotopic (exact) mass is 377 g/mol. The van der Waals surface area contributed by atoms with Gasteiger partial charge in [-0.25, -0.2) is 0 Å². The fraction of sp³-hybridized carbons (Fsp3) is 0.409. The minimum Gasteiger partial charge on any atom is -0.371 e. The Labute approximate surface area is 166 Å². The molecule has 1 saturated heterocycles. The Morgan fingerprint density at radius 2 is 2.00 bits per heavy atom. The lowest BCUT2D eigenvalue weighted by Gasteiger charge is -2.35. The Hall–Kier alpha value is -2.73. The SMILES string of the molecule is Cc1cccc(N2CCC(NCCc3nc(-c4cccnc4)no3)CC2)c1C. The first-order valence-corrected chi connectivity index (χ1v) is 9.98. The van der Waals surface area contributed by atoms with E-state index >= 15 is 0 Å². The molecule has 3 heterocycles. The van der Waals surface area contributed by atoms with Crippen molar-refractivity contribution >= 4 is 5.69 Å². The van der Waals surface area contributed by atoms with Crippen molar-refractivity contribution in [2.45, 2.75) is 39.2 Å². The van der Waals surface area contributed by atoms with Crippen molar-refractivity contribution in [3.05, 3.63) is 59.7 Å². The molecule has 1 fully saturated rings. The van der Waals surface area contributed by atoms with Crippen LogP contribution in [0.4, 0.5) is 5.69 Å². The van der Waals surface area contributed by atoms with Gasteiger partial charge in [0.15, 0.2) is 0 Å². The number of anilines is 1. The van der Waals surface area contributed by atoms with Crippen LogP contribution in [0.15, 0.2) is 47.2 Å². The molecule has 1 aromatic carbocycles. The van der Waals surface area contributed by atoms with Gasteiger partial charge in [0.05, 0.1) is 0 Å². The number of hydrogen-bond donors (Lipinski definition) is 1. The van der Waals surface area contributed by atoms with Crippen LogP contribution in [0.5, 0.6) is 0 Å². The van der Waals surface area contributed by atoms with Crippen LogP contribution < -0.4 is 10.2 Å². The summed E-state index contributed by atoms with van der Waals surface area (Å²) in [6.45, 7) is 7.44. The van der Waals surface area contributed by atoms with Gasteiger partial charge in [0.2, 0.25) is 11.7 Å². The maximum absolute atomic E-state index is 5.37. The van der Waals surface area contributed by atoms with Gasteiger partial charge in [-0.05, 0) is 56.0 Å². The van der Waals surface area contributed by atoms with Gasteiger partial charge in [-0.1, -0.05) is 17.3 Å². The smallest absolute Gasteiger partial charge is 0.228 e. The van der Waals surface area contributed by atoms with E-state index in [-0.39, 0.29) is 0 Å². The highest BCUT2D eigenvalue weighted by molar-refractivity contribution is 5.56. The highest BCUT2D eigenvalue weighted by atomic mass is 16.5. The summed E-state index contributed by atoms with van der Waals surface area (Å²) in [6.07, 6.45) is 6.53. The average Bonchev–Trinajstić information content (AvgIpc) is 3.20. The molecule has 1 N–H and O–H groups in total. The first-order valence-electron chi connectivity index (χ1n) is 9.98. The van der Waals surface area contributed by atoms with Gasteiger partial charge < -0.3 is 14.7 Å². The van der Waals surface area contributed by atoms with Crippen molar-refractivity contribution in [1.29, 1.82) is 0 Å². The number of rotatable bonds is 6. The number of hydrogen-bond acceptors (Lipinski definition) is 6. The molecule has 3 aromatic rings. The van der Waals surface area contributed by atoms with Gasteiger partial charge in [0.1, 0.15) is 0 Å². The lowest BCUT2D eigenvalue weighted by Crippen LogP contribution is -2.43. The molecule has 28 heavy (non-hydrogen) atoms. The summed E-state index contributed by atoms with van der Waals surface area (Å²) in [7, 11) is 0. The van der Waals surface area contributed by atoms with Crippen LogP contribution in [0, 0.1) is 13.8 Å². The topological polar surface area (TPSA) is 67.1 Å². The van der Waals surface area contributed by atoms with Crippen LogP contribution in [0.2, 0.25) is 0 Å². The molecule has 1 aliphatic rings. The molecule has 0 atom stereocenters. The summed E-state index contributed by atoms with van der Waals surface area (Å²) in [4.78, 5) is 11.1. The zero-order chi connectivity index (χ0) is 19.3. The summed E-state index contributed by atoms with van der Waals surface area (Å²) in [5.74, 6) is 1.27. The number of piperidine rings is 1. The molecule has 4 rings (SSSR count). The van der Waals surface area contributed by atoms with E-state index in [4.69, 9.17) is 4.52 Å². The van der Waals surface area contributed by atoms with Crippen molar-refractivity contribution in [2.75, 3.05) is 24.5 Å². The molecule has 0 unspecified atom stereocenters. The molecule has 0 spiro atoms. The van der Waals surface area contributed by atoms with Crippen LogP contribution in [0.25, 0.3) is 11.4 Å². The first kappa shape index (κ1) is 18.6. The Bertz CT molecular complexity index is 900. The number of aromatic nitrogens is 3. The summed E-state index contributed by atoms with van der Waals surface area (Å²) >= 11 is 0. The molecule has 0 saturated carbocycles. The summed E-state index contributed by atoms with van der Waals surface area (Å²) in [5.41, 5.74) is 5.02. The van der Waals surface area contributed by atoms with Crippen molar-refractivity contribution in [1.82, 2.24) is 20.4 Å². The van der Waals surface area contributed by atoms with E-state index in [2.05, 4.69) is 57.4 Å². The van der Waals surface area contributed by atoms with E-state index in [1.165, 1.54) is 16.8 Å². The van der Waals surface area contributed by atoms with Gasteiger partial charge in [-0.3, -0.25) is 4.98 Å². The Balaban J connectivity index is 1.24. The molecule has 0 amide bonds. The minimum absolute atomic E-state index is 0.544. The number of nitrogens with zero attached hydrogens (tertiary/aromatic N) is 4. The Kier molecular flexibility index (Phi) is 5.67. The number of benzene rings is 1. The quantitative estimate of drug-likeness (QED) is 0.709. The fourth-order valence-corrected chi connectivity index (χ4v) is 3.75. The maximum atomic E-state index is 5.37. The molecule has 0 radical (unpaired) electrons. The second-order valence-corrected chi connectivity index (χ2v) is 7.44. The highest BCUT2D eigenvalue weighted by Gasteiger charge is 2.20. The molecule has 146 valence electrons. The predicted molar refractivity (Wildman–Crippen MR) is 110 cm³/mol.